The molecule has 2 rings (SSSR count). The Morgan fingerprint density at radius 1 is 1.12 bits per heavy atom. The molecular weight excluding hydrogens is 325 g/mol. The predicted octanol–water partition coefficient (Wildman–Crippen LogP) is 2.28. The maximum atomic E-state index is 13.2. The lowest BCUT2D eigenvalue weighted by molar-refractivity contribution is -0.145. The molecule has 0 unspecified atom stereocenters. The summed E-state index contributed by atoms with van der Waals surface area (Å²) >= 11 is 0. The van der Waals surface area contributed by atoms with Crippen molar-refractivity contribution in [3.8, 4) is 5.75 Å². The van der Waals surface area contributed by atoms with Gasteiger partial charge in [0.2, 0.25) is 5.91 Å². The highest BCUT2D eigenvalue weighted by molar-refractivity contribution is 5.85. The second-order valence-corrected chi connectivity index (χ2v) is 5.47. The lowest BCUT2D eigenvalue weighted by Crippen LogP contribution is -2.43. The Balaban J connectivity index is 2.09. The molecule has 0 fully saturated rings. The van der Waals surface area contributed by atoms with E-state index in [0.717, 1.165) is 5.56 Å². The van der Waals surface area contributed by atoms with E-state index in [4.69, 9.17) is 9.47 Å². The number of rotatable bonds is 7. The summed E-state index contributed by atoms with van der Waals surface area (Å²) < 4.78 is 23.3. The van der Waals surface area contributed by atoms with Crippen molar-refractivity contribution < 1.29 is 23.5 Å². The topological polar surface area (TPSA) is 64.6 Å². The molecule has 1 atom stereocenters. The number of hydrogen-bond donors (Lipinski definition) is 1. The number of nitrogens with one attached hydrogen (secondary N) is 1. The van der Waals surface area contributed by atoms with Crippen LogP contribution in [0.3, 0.4) is 0 Å². The molecule has 0 bridgehead atoms. The Morgan fingerprint density at radius 3 is 2.56 bits per heavy atom. The second-order valence-electron chi connectivity index (χ2n) is 5.47. The van der Waals surface area contributed by atoms with Crippen molar-refractivity contribution in [3.63, 3.8) is 0 Å². The summed E-state index contributed by atoms with van der Waals surface area (Å²) in [6, 6.07) is 12.1. The maximum absolute atomic E-state index is 13.2. The van der Waals surface area contributed by atoms with Crippen LogP contribution in [-0.2, 0) is 27.2 Å². The summed E-state index contributed by atoms with van der Waals surface area (Å²) in [5, 5.41) is 2.64. The van der Waals surface area contributed by atoms with Crippen molar-refractivity contribution >= 4 is 11.9 Å². The minimum Gasteiger partial charge on any atom is -0.496 e. The summed E-state index contributed by atoms with van der Waals surface area (Å²) in [5.41, 5.74) is 1.30. The standard InChI is InChI=1S/C19H20FNO4/c1-24-17-9-4-3-7-14(17)12-16(19(23)25-2)21-18(22)11-13-6-5-8-15(20)10-13/h3-10,16H,11-12H2,1-2H3,(H,21,22)/t16-/m1/s1. The number of methoxy groups -OCH3 is 2. The van der Waals surface area contributed by atoms with Gasteiger partial charge in [0.1, 0.15) is 17.6 Å². The number of carbonyl (C=O) groups is 2. The van der Waals surface area contributed by atoms with Gasteiger partial charge in [0, 0.05) is 6.42 Å². The van der Waals surface area contributed by atoms with E-state index < -0.39 is 23.7 Å². The van der Waals surface area contributed by atoms with Crippen LogP contribution in [0.25, 0.3) is 0 Å². The van der Waals surface area contributed by atoms with Crippen LogP contribution >= 0.6 is 0 Å². The summed E-state index contributed by atoms with van der Waals surface area (Å²) in [7, 11) is 2.80. The van der Waals surface area contributed by atoms with Gasteiger partial charge in [0.15, 0.2) is 0 Å². The fourth-order valence-electron chi connectivity index (χ4n) is 2.50. The molecule has 25 heavy (non-hydrogen) atoms. The first-order valence-electron chi connectivity index (χ1n) is 7.77. The minimum absolute atomic E-state index is 0.0306. The van der Waals surface area contributed by atoms with Gasteiger partial charge in [-0.15, -0.1) is 0 Å². The molecular formula is C19H20FNO4. The number of carbonyl (C=O) groups excluding carboxylic acids is 2. The van der Waals surface area contributed by atoms with Crippen LogP contribution in [0.4, 0.5) is 4.39 Å². The zero-order chi connectivity index (χ0) is 18.2. The quantitative estimate of drug-likeness (QED) is 0.782. The van der Waals surface area contributed by atoms with Gasteiger partial charge in [-0.3, -0.25) is 4.79 Å². The number of halogens is 1. The Labute approximate surface area is 145 Å². The van der Waals surface area contributed by atoms with Gasteiger partial charge >= 0.3 is 5.97 Å². The first kappa shape index (κ1) is 18.4. The molecule has 0 spiro atoms. The van der Waals surface area contributed by atoms with E-state index in [0.29, 0.717) is 11.3 Å². The van der Waals surface area contributed by atoms with Crippen LogP contribution in [-0.4, -0.2) is 32.1 Å². The molecule has 1 amide bonds. The van der Waals surface area contributed by atoms with E-state index in [1.807, 2.05) is 18.2 Å². The molecule has 0 saturated heterocycles. The average molecular weight is 345 g/mol. The number of hydrogen-bond acceptors (Lipinski definition) is 4. The van der Waals surface area contributed by atoms with Crippen molar-refractivity contribution in [2.24, 2.45) is 0 Å². The zero-order valence-electron chi connectivity index (χ0n) is 14.1. The highest BCUT2D eigenvalue weighted by atomic mass is 19.1. The fourth-order valence-corrected chi connectivity index (χ4v) is 2.50. The first-order chi connectivity index (χ1) is 12.0. The van der Waals surface area contributed by atoms with E-state index in [1.54, 1.807) is 12.1 Å². The summed E-state index contributed by atoms with van der Waals surface area (Å²) in [6.07, 6.45) is 0.197. The highest BCUT2D eigenvalue weighted by Crippen LogP contribution is 2.19. The van der Waals surface area contributed by atoms with Gasteiger partial charge < -0.3 is 14.8 Å². The van der Waals surface area contributed by atoms with Crippen molar-refractivity contribution in [1.29, 1.82) is 0 Å². The fraction of sp³-hybridized carbons (Fsp3) is 0.263. The third kappa shape index (κ3) is 5.31. The third-order valence-corrected chi connectivity index (χ3v) is 3.69. The normalized spacial score (nSPS) is 11.5. The van der Waals surface area contributed by atoms with Crippen molar-refractivity contribution in [2.45, 2.75) is 18.9 Å². The van der Waals surface area contributed by atoms with E-state index >= 15 is 0 Å². The lowest BCUT2D eigenvalue weighted by atomic mass is 10.0. The molecule has 5 nitrogen and oxygen atoms in total. The molecule has 6 heteroatoms. The Hall–Kier alpha value is -2.89. The van der Waals surface area contributed by atoms with Crippen molar-refractivity contribution in [2.75, 3.05) is 14.2 Å². The van der Waals surface area contributed by atoms with Gasteiger partial charge in [-0.1, -0.05) is 30.3 Å². The van der Waals surface area contributed by atoms with Gasteiger partial charge in [0.25, 0.3) is 0 Å². The molecule has 0 saturated carbocycles. The molecule has 132 valence electrons. The van der Waals surface area contributed by atoms with Gasteiger partial charge in [-0.2, -0.15) is 0 Å². The molecule has 0 aromatic heterocycles. The minimum atomic E-state index is -0.859. The number of benzene rings is 2. The maximum Gasteiger partial charge on any atom is 0.328 e. The molecule has 0 aliphatic rings. The van der Waals surface area contributed by atoms with Crippen LogP contribution in [0.2, 0.25) is 0 Å². The van der Waals surface area contributed by atoms with E-state index in [1.165, 1.54) is 32.4 Å². The molecule has 0 heterocycles. The second kappa shape index (κ2) is 8.82. The summed E-state index contributed by atoms with van der Waals surface area (Å²) in [6.45, 7) is 0. The Kier molecular flexibility index (Phi) is 6.51. The highest BCUT2D eigenvalue weighted by Gasteiger charge is 2.23. The molecule has 2 aromatic carbocycles. The van der Waals surface area contributed by atoms with Crippen LogP contribution in [0.1, 0.15) is 11.1 Å². The third-order valence-electron chi connectivity index (χ3n) is 3.69. The van der Waals surface area contributed by atoms with E-state index in [9.17, 15) is 14.0 Å². The number of ether oxygens (including phenoxy) is 2. The van der Waals surface area contributed by atoms with Gasteiger partial charge in [-0.05, 0) is 29.3 Å². The molecule has 0 radical (unpaired) electrons. The molecule has 1 N–H and O–H groups in total. The first-order valence-corrected chi connectivity index (χ1v) is 7.77. The molecule has 0 aliphatic heterocycles. The average Bonchev–Trinajstić information content (AvgIpc) is 2.60. The summed E-state index contributed by atoms with van der Waals surface area (Å²) in [5.74, 6) is -0.742. The largest absolute Gasteiger partial charge is 0.496 e. The monoisotopic (exact) mass is 345 g/mol. The molecule has 0 aliphatic carbocycles. The van der Waals surface area contributed by atoms with Crippen LogP contribution in [0.5, 0.6) is 5.75 Å². The van der Waals surface area contributed by atoms with E-state index in [2.05, 4.69) is 5.32 Å². The van der Waals surface area contributed by atoms with Gasteiger partial charge in [-0.25, -0.2) is 9.18 Å². The van der Waals surface area contributed by atoms with Crippen LogP contribution in [0.15, 0.2) is 48.5 Å². The summed E-state index contributed by atoms with van der Waals surface area (Å²) in [4.78, 5) is 24.2. The Bertz CT molecular complexity index is 748. The number of amides is 1. The van der Waals surface area contributed by atoms with Crippen LogP contribution < -0.4 is 10.1 Å². The zero-order valence-corrected chi connectivity index (χ0v) is 14.1. The van der Waals surface area contributed by atoms with Crippen molar-refractivity contribution in [1.82, 2.24) is 5.32 Å². The predicted molar refractivity (Wildman–Crippen MR) is 90.7 cm³/mol. The smallest absolute Gasteiger partial charge is 0.328 e. The van der Waals surface area contributed by atoms with E-state index in [-0.39, 0.29) is 12.8 Å². The van der Waals surface area contributed by atoms with Crippen molar-refractivity contribution in [3.05, 3.63) is 65.5 Å². The van der Waals surface area contributed by atoms with Crippen LogP contribution in [0, 0.1) is 5.82 Å². The number of para-hydroxylation sites is 1. The lowest BCUT2D eigenvalue weighted by Gasteiger charge is -2.18. The van der Waals surface area contributed by atoms with Gasteiger partial charge in [0.05, 0.1) is 20.6 Å². The Morgan fingerprint density at radius 2 is 1.88 bits per heavy atom. The SMILES string of the molecule is COC(=O)[C@@H](Cc1ccccc1OC)NC(=O)Cc1cccc(F)c1. The molecule has 2 aromatic rings. The number of esters is 1.